The summed E-state index contributed by atoms with van der Waals surface area (Å²) in [7, 11) is 1.71. The van der Waals surface area contributed by atoms with Gasteiger partial charge in [-0.25, -0.2) is 4.98 Å². The molecule has 0 amide bonds. The van der Waals surface area contributed by atoms with E-state index >= 15 is 0 Å². The Balaban J connectivity index is 1.93. The number of rotatable bonds is 6. The molecule has 27 heavy (non-hydrogen) atoms. The molecule has 1 aliphatic heterocycles. The molecular weight excluding hydrogens is 361 g/mol. The van der Waals surface area contributed by atoms with Crippen LogP contribution < -0.4 is 16.0 Å². The Morgan fingerprint density at radius 3 is 2.70 bits per heavy atom. The van der Waals surface area contributed by atoms with Gasteiger partial charge in [0.25, 0.3) is 0 Å². The van der Waals surface area contributed by atoms with E-state index in [1.54, 1.807) is 25.2 Å². The molecule has 0 bridgehead atoms. The van der Waals surface area contributed by atoms with Crippen molar-refractivity contribution in [1.82, 2.24) is 9.97 Å². The van der Waals surface area contributed by atoms with Crippen LogP contribution in [0.15, 0.2) is 24.4 Å². The molecule has 0 radical (unpaired) electrons. The van der Waals surface area contributed by atoms with E-state index in [-0.39, 0.29) is 17.8 Å². The molecule has 10 heteroatoms. The maximum Gasteiger partial charge on any atom is 0.421 e. The van der Waals surface area contributed by atoms with Gasteiger partial charge in [-0.05, 0) is 18.6 Å². The van der Waals surface area contributed by atoms with Gasteiger partial charge in [0.2, 0.25) is 5.95 Å². The number of nitrogens with zero attached hydrogens (tertiary/aromatic N) is 2. The maximum atomic E-state index is 13.3. The number of aromatic nitrogens is 2. The zero-order valence-electron chi connectivity index (χ0n) is 14.5. The molecule has 2 aromatic rings. The second-order valence-corrected chi connectivity index (χ2v) is 5.94. The smallest absolute Gasteiger partial charge is 0.388 e. The van der Waals surface area contributed by atoms with Crippen LogP contribution in [0.1, 0.15) is 17.5 Å². The first-order chi connectivity index (χ1) is 12.9. The first-order valence-electron chi connectivity index (χ1n) is 8.29. The number of nitrogens with one attached hydrogen (secondary N) is 4. The zero-order chi connectivity index (χ0) is 19.4. The van der Waals surface area contributed by atoms with Crippen molar-refractivity contribution in [1.29, 1.82) is 5.41 Å². The van der Waals surface area contributed by atoms with Crippen molar-refractivity contribution < 1.29 is 17.9 Å². The molecule has 1 aromatic heterocycles. The Kier molecular flexibility index (Phi) is 5.45. The topological polar surface area (TPSA) is 95.0 Å². The first kappa shape index (κ1) is 18.9. The third-order valence-corrected chi connectivity index (χ3v) is 4.13. The van der Waals surface area contributed by atoms with Gasteiger partial charge in [-0.3, -0.25) is 0 Å². The van der Waals surface area contributed by atoms with Crippen LogP contribution in [-0.4, -0.2) is 42.5 Å². The molecule has 0 spiro atoms. The van der Waals surface area contributed by atoms with Crippen LogP contribution >= 0.6 is 0 Å². The van der Waals surface area contributed by atoms with Gasteiger partial charge in [-0.15, -0.1) is 0 Å². The fourth-order valence-electron chi connectivity index (χ4n) is 2.77. The minimum atomic E-state index is -4.58. The molecule has 0 unspecified atom stereocenters. The molecule has 3 rings (SSSR count). The molecule has 7 nitrogen and oxygen atoms in total. The van der Waals surface area contributed by atoms with Crippen LogP contribution in [-0.2, 0) is 10.9 Å². The molecule has 0 aliphatic carbocycles. The Hall–Kier alpha value is -2.88. The average molecular weight is 380 g/mol. The lowest BCUT2D eigenvalue weighted by Crippen LogP contribution is -2.23. The second kappa shape index (κ2) is 7.78. The van der Waals surface area contributed by atoms with Gasteiger partial charge in [-0.1, -0.05) is 6.07 Å². The molecular formula is C17H19F3N6O. The van der Waals surface area contributed by atoms with Gasteiger partial charge < -0.3 is 26.1 Å². The molecule has 1 atom stereocenters. The summed E-state index contributed by atoms with van der Waals surface area (Å²) in [5.41, 5.74) is 0.813. The largest absolute Gasteiger partial charge is 0.421 e. The van der Waals surface area contributed by atoms with Crippen LogP contribution in [0, 0.1) is 5.41 Å². The fraction of sp³-hybridized carbons (Fsp3) is 0.353. The number of anilines is 4. The van der Waals surface area contributed by atoms with E-state index in [0.717, 1.165) is 12.4 Å². The Morgan fingerprint density at radius 1 is 1.30 bits per heavy atom. The fourth-order valence-corrected chi connectivity index (χ4v) is 2.77. The SMILES string of the molecule is CNc1cccc(Nc2ncc(C(F)(F)F)c(N[C@@H]3CCOC3)n2)c1C=N. The van der Waals surface area contributed by atoms with E-state index in [0.29, 0.717) is 36.6 Å². The Labute approximate surface area is 153 Å². The molecule has 144 valence electrons. The molecule has 1 saturated heterocycles. The van der Waals surface area contributed by atoms with Gasteiger partial charge in [0.15, 0.2) is 0 Å². The monoisotopic (exact) mass is 380 g/mol. The van der Waals surface area contributed by atoms with Gasteiger partial charge >= 0.3 is 6.18 Å². The number of ether oxygens (including phenoxy) is 1. The molecule has 1 aromatic carbocycles. The van der Waals surface area contributed by atoms with Gasteiger partial charge in [0.05, 0.1) is 18.3 Å². The summed E-state index contributed by atoms with van der Waals surface area (Å²) >= 11 is 0. The summed E-state index contributed by atoms with van der Waals surface area (Å²) in [6, 6.07) is 4.99. The van der Waals surface area contributed by atoms with Crippen molar-refractivity contribution in [3.63, 3.8) is 0 Å². The van der Waals surface area contributed by atoms with E-state index in [4.69, 9.17) is 10.1 Å². The summed E-state index contributed by atoms with van der Waals surface area (Å²) in [6.45, 7) is 0.820. The number of hydrogen-bond acceptors (Lipinski definition) is 7. The summed E-state index contributed by atoms with van der Waals surface area (Å²) in [6.07, 6.45) is -2.08. The van der Waals surface area contributed by atoms with Gasteiger partial charge in [0, 0.05) is 37.3 Å². The highest BCUT2D eigenvalue weighted by atomic mass is 19.4. The van der Waals surface area contributed by atoms with Crippen molar-refractivity contribution in [2.24, 2.45) is 0 Å². The summed E-state index contributed by atoms with van der Waals surface area (Å²) in [4.78, 5) is 7.82. The normalized spacial score (nSPS) is 16.8. The van der Waals surface area contributed by atoms with E-state index < -0.39 is 11.7 Å². The van der Waals surface area contributed by atoms with Crippen LogP contribution in [0.25, 0.3) is 0 Å². The van der Waals surface area contributed by atoms with E-state index in [1.165, 1.54) is 0 Å². The Bertz CT molecular complexity index is 821. The third-order valence-electron chi connectivity index (χ3n) is 4.13. The molecule has 4 N–H and O–H groups in total. The quantitative estimate of drug-likeness (QED) is 0.573. The van der Waals surface area contributed by atoms with Gasteiger partial charge in [0.1, 0.15) is 11.4 Å². The lowest BCUT2D eigenvalue weighted by atomic mass is 10.1. The number of hydrogen-bond donors (Lipinski definition) is 4. The summed E-state index contributed by atoms with van der Waals surface area (Å²) < 4.78 is 45.1. The van der Waals surface area contributed by atoms with Crippen LogP contribution in [0.3, 0.4) is 0 Å². The highest BCUT2D eigenvalue weighted by Crippen LogP contribution is 2.35. The second-order valence-electron chi connectivity index (χ2n) is 5.94. The average Bonchev–Trinajstić information content (AvgIpc) is 3.13. The first-order valence-corrected chi connectivity index (χ1v) is 8.29. The lowest BCUT2D eigenvalue weighted by molar-refractivity contribution is -0.137. The number of alkyl halides is 3. The van der Waals surface area contributed by atoms with Crippen molar-refractivity contribution in [2.45, 2.75) is 18.6 Å². The van der Waals surface area contributed by atoms with Crippen molar-refractivity contribution in [3.8, 4) is 0 Å². The van der Waals surface area contributed by atoms with Crippen LogP contribution in [0.2, 0.25) is 0 Å². The Morgan fingerprint density at radius 2 is 2.07 bits per heavy atom. The molecule has 1 aliphatic rings. The molecule has 0 saturated carbocycles. The molecule has 2 heterocycles. The van der Waals surface area contributed by atoms with Crippen molar-refractivity contribution in [2.75, 3.05) is 36.2 Å². The van der Waals surface area contributed by atoms with E-state index in [1.807, 2.05) is 0 Å². The van der Waals surface area contributed by atoms with E-state index in [2.05, 4.69) is 25.9 Å². The lowest BCUT2D eigenvalue weighted by Gasteiger charge is -2.18. The van der Waals surface area contributed by atoms with E-state index in [9.17, 15) is 13.2 Å². The third kappa shape index (κ3) is 4.27. The minimum Gasteiger partial charge on any atom is -0.388 e. The number of benzene rings is 1. The van der Waals surface area contributed by atoms with Crippen molar-refractivity contribution >= 4 is 29.4 Å². The summed E-state index contributed by atoms with van der Waals surface area (Å²) in [5, 5.41) is 16.2. The zero-order valence-corrected chi connectivity index (χ0v) is 14.5. The van der Waals surface area contributed by atoms with Crippen LogP contribution in [0.4, 0.5) is 36.3 Å². The highest BCUT2D eigenvalue weighted by Gasteiger charge is 2.36. The van der Waals surface area contributed by atoms with Crippen LogP contribution in [0.5, 0.6) is 0 Å². The maximum absolute atomic E-state index is 13.3. The predicted octanol–water partition coefficient (Wildman–Crippen LogP) is 3.48. The number of halogens is 3. The minimum absolute atomic E-state index is 0.000711. The molecule has 1 fully saturated rings. The predicted molar refractivity (Wildman–Crippen MR) is 97.0 cm³/mol. The van der Waals surface area contributed by atoms with Gasteiger partial charge in [-0.2, -0.15) is 18.2 Å². The standard InChI is InChI=1S/C17H19F3N6O/c1-22-13-3-2-4-14(11(13)7-21)25-16-23-8-12(17(18,19)20)15(26-16)24-10-5-6-27-9-10/h2-4,7-8,10,21-22H,5-6,9H2,1H3,(H2,23,24,25,26)/t10-/m1/s1. The summed E-state index contributed by atoms with van der Waals surface area (Å²) in [5.74, 6) is -0.294. The van der Waals surface area contributed by atoms with Crippen molar-refractivity contribution in [3.05, 3.63) is 35.5 Å². The highest BCUT2D eigenvalue weighted by molar-refractivity contribution is 5.94.